The van der Waals surface area contributed by atoms with Gasteiger partial charge in [-0.2, -0.15) is 0 Å². The molecular formula is C18H24N2O5S. The fourth-order valence-electron chi connectivity index (χ4n) is 3.58. The van der Waals surface area contributed by atoms with Gasteiger partial charge in [-0.3, -0.25) is 4.79 Å². The summed E-state index contributed by atoms with van der Waals surface area (Å²) in [5.74, 6) is -0.474. The van der Waals surface area contributed by atoms with Crippen LogP contribution in [0.5, 0.6) is 0 Å². The maximum atomic E-state index is 12.5. The van der Waals surface area contributed by atoms with Crippen LogP contribution in [0.3, 0.4) is 0 Å². The van der Waals surface area contributed by atoms with Crippen LogP contribution in [0.1, 0.15) is 53.4 Å². The normalized spacial score (nSPS) is 16.9. The van der Waals surface area contributed by atoms with Crippen molar-refractivity contribution in [3.63, 3.8) is 0 Å². The van der Waals surface area contributed by atoms with Crippen LogP contribution < -0.4 is 5.32 Å². The number of nitrogens with one attached hydrogen (secondary N) is 1. The summed E-state index contributed by atoms with van der Waals surface area (Å²) in [6.45, 7) is 2.94. The molecule has 0 spiro atoms. The van der Waals surface area contributed by atoms with Crippen molar-refractivity contribution in [3.8, 4) is 0 Å². The summed E-state index contributed by atoms with van der Waals surface area (Å²) in [6, 6.07) is 0. The molecule has 1 fully saturated rings. The molecule has 0 bridgehead atoms. The maximum Gasteiger partial charge on any atom is 0.410 e. The van der Waals surface area contributed by atoms with Gasteiger partial charge in [0, 0.05) is 17.3 Å². The van der Waals surface area contributed by atoms with E-state index in [4.69, 9.17) is 9.47 Å². The first-order chi connectivity index (χ1) is 12.5. The van der Waals surface area contributed by atoms with E-state index in [1.54, 1.807) is 11.8 Å². The summed E-state index contributed by atoms with van der Waals surface area (Å²) in [4.78, 5) is 39.3. The van der Waals surface area contributed by atoms with Crippen molar-refractivity contribution in [1.29, 1.82) is 0 Å². The molecule has 1 aliphatic carbocycles. The molecule has 1 aromatic rings. The van der Waals surface area contributed by atoms with Gasteiger partial charge in [-0.15, -0.1) is 11.3 Å². The Kier molecular flexibility index (Phi) is 5.80. The van der Waals surface area contributed by atoms with Crippen LogP contribution >= 0.6 is 11.3 Å². The molecule has 0 unspecified atom stereocenters. The smallest absolute Gasteiger partial charge is 0.410 e. The lowest BCUT2D eigenvalue weighted by Gasteiger charge is -2.26. The van der Waals surface area contributed by atoms with E-state index in [2.05, 4.69) is 5.32 Å². The molecule has 2 heterocycles. The Balaban J connectivity index is 1.84. The van der Waals surface area contributed by atoms with Gasteiger partial charge in [0.2, 0.25) is 5.91 Å². The number of nitrogens with zero attached hydrogens (tertiary/aromatic N) is 1. The first-order valence-electron chi connectivity index (χ1n) is 9.00. The summed E-state index contributed by atoms with van der Waals surface area (Å²) < 4.78 is 10.00. The zero-order valence-electron chi connectivity index (χ0n) is 15.1. The Hall–Kier alpha value is -2.09. The second-order valence-electron chi connectivity index (χ2n) is 6.54. The zero-order chi connectivity index (χ0) is 18.7. The van der Waals surface area contributed by atoms with Crippen molar-refractivity contribution in [1.82, 2.24) is 4.90 Å². The molecule has 0 radical (unpaired) electrons. The summed E-state index contributed by atoms with van der Waals surface area (Å²) >= 11 is 1.35. The summed E-state index contributed by atoms with van der Waals surface area (Å²) in [6.07, 6.45) is 4.09. The van der Waals surface area contributed by atoms with Gasteiger partial charge in [0.05, 0.1) is 25.8 Å². The fourth-order valence-corrected chi connectivity index (χ4v) is 4.84. The van der Waals surface area contributed by atoms with Gasteiger partial charge in [-0.25, -0.2) is 9.59 Å². The number of ether oxygens (including phenoxy) is 2. The number of carbonyl (C=O) groups excluding carboxylic acids is 3. The van der Waals surface area contributed by atoms with Crippen LogP contribution in [-0.2, 0) is 27.2 Å². The highest BCUT2D eigenvalue weighted by Crippen LogP contribution is 2.38. The lowest BCUT2D eigenvalue weighted by atomic mass is 10.0. The third-order valence-electron chi connectivity index (χ3n) is 4.94. The van der Waals surface area contributed by atoms with Gasteiger partial charge in [-0.1, -0.05) is 12.8 Å². The number of rotatable bonds is 4. The Morgan fingerprint density at radius 2 is 2.00 bits per heavy atom. The Labute approximate surface area is 156 Å². The fraction of sp³-hybridized carbons (Fsp3) is 0.611. The summed E-state index contributed by atoms with van der Waals surface area (Å²) in [5.41, 5.74) is 1.30. The van der Waals surface area contributed by atoms with Crippen molar-refractivity contribution in [2.75, 3.05) is 25.6 Å². The zero-order valence-corrected chi connectivity index (χ0v) is 15.9. The third kappa shape index (κ3) is 3.70. The Morgan fingerprint density at radius 3 is 2.65 bits per heavy atom. The van der Waals surface area contributed by atoms with E-state index in [9.17, 15) is 14.4 Å². The predicted molar refractivity (Wildman–Crippen MR) is 97.4 cm³/mol. The largest absolute Gasteiger partial charge is 0.465 e. The van der Waals surface area contributed by atoms with Gasteiger partial charge in [0.1, 0.15) is 5.00 Å². The summed E-state index contributed by atoms with van der Waals surface area (Å²) in [5, 5.41) is 3.47. The van der Waals surface area contributed by atoms with Crippen molar-refractivity contribution in [2.24, 2.45) is 5.92 Å². The van der Waals surface area contributed by atoms with Crippen LogP contribution in [0.4, 0.5) is 9.80 Å². The molecule has 8 heteroatoms. The third-order valence-corrected chi connectivity index (χ3v) is 6.07. The second-order valence-corrected chi connectivity index (χ2v) is 7.65. The van der Waals surface area contributed by atoms with E-state index in [1.165, 1.54) is 18.4 Å². The topological polar surface area (TPSA) is 84.9 Å². The van der Waals surface area contributed by atoms with Gasteiger partial charge in [0.15, 0.2) is 0 Å². The lowest BCUT2D eigenvalue weighted by molar-refractivity contribution is -0.119. The van der Waals surface area contributed by atoms with E-state index in [1.807, 2.05) is 0 Å². The number of methoxy groups -OCH3 is 1. The van der Waals surface area contributed by atoms with E-state index < -0.39 is 5.97 Å². The predicted octanol–water partition coefficient (Wildman–Crippen LogP) is 3.18. The van der Waals surface area contributed by atoms with Gasteiger partial charge >= 0.3 is 12.1 Å². The molecule has 7 nitrogen and oxygen atoms in total. The minimum atomic E-state index is -0.450. The SMILES string of the molecule is CCOC(=O)N1CCc2c(sc(NC(=O)C3CCCC3)c2C(=O)OC)C1. The lowest BCUT2D eigenvalue weighted by Crippen LogP contribution is -2.36. The quantitative estimate of drug-likeness (QED) is 0.811. The highest BCUT2D eigenvalue weighted by atomic mass is 32.1. The number of fused-ring (bicyclic) bond motifs is 1. The second kappa shape index (κ2) is 8.07. The highest BCUT2D eigenvalue weighted by molar-refractivity contribution is 7.17. The number of hydrogen-bond donors (Lipinski definition) is 1. The van der Waals surface area contributed by atoms with E-state index in [-0.39, 0.29) is 17.9 Å². The minimum absolute atomic E-state index is 0.00987. The van der Waals surface area contributed by atoms with Crippen LogP contribution in [0, 0.1) is 5.92 Å². The number of hydrogen-bond acceptors (Lipinski definition) is 6. The van der Waals surface area contributed by atoms with Gasteiger partial charge in [0.25, 0.3) is 0 Å². The van der Waals surface area contributed by atoms with Crippen molar-refractivity contribution >= 4 is 34.3 Å². The van der Waals surface area contributed by atoms with Gasteiger partial charge in [-0.05, 0) is 31.7 Å². The number of carbonyl (C=O) groups is 3. The van der Waals surface area contributed by atoms with E-state index >= 15 is 0 Å². The van der Waals surface area contributed by atoms with Crippen molar-refractivity contribution in [2.45, 2.75) is 45.6 Å². The van der Waals surface area contributed by atoms with Crippen LogP contribution in [0.15, 0.2) is 0 Å². The molecule has 0 aromatic carbocycles. The summed E-state index contributed by atoms with van der Waals surface area (Å²) in [7, 11) is 1.34. The van der Waals surface area contributed by atoms with Crippen molar-refractivity contribution in [3.05, 3.63) is 16.0 Å². The molecule has 0 saturated heterocycles. The molecule has 142 valence electrons. The molecule has 2 aliphatic rings. The Morgan fingerprint density at radius 1 is 1.27 bits per heavy atom. The average Bonchev–Trinajstić information content (AvgIpc) is 3.28. The van der Waals surface area contributed by atoms with Gasteiger partial charge < -0.3 is 19.7 Å². The first kappa shape index (κ1) is 18.7. The number of esters is 1. The van der Waals surface area contributed by atoms with Crippen LogP contribution in [-0.4, -0.2) is 43.1 Å². The Bertz CT molecular complexity index is 709. The molecule has 1 saturated carbocycles. The highest BCUT2D eigenvalue weighted by Gasteiger charge is 2.32. The standard InChI is InChI=1S/C18H24N2O5S/c1-3-25-18(23)20-9-8-12-13(10-20)26-16(14(12)17(22)24-2)19-15(21)11-6-4-5-7-11/h11H,3-10H2,1-2H3,(H,19,21). The van der Waals surface area contributed by atoms with E-state index in [0.29, 0.717) is 36.7 Å². The average molecular weight is 380 g/mol. The maximum absolute atomic E-state index is 12.5. The molecule has 26 heavy (non-hydrogen) atoms. The number of amides is 2. The number of anilines is 1. The first-order valence-corrected chi connectivity index (χ1v) is 9.82. The van der Waals surface area contributed by atoms with Crippen LogP contribution in [0.25, 0.3) is 0 Å². The number of thiophene rings is 1. The monoisotopic (exact) mass is 380 g/mol. The molecular weight excluding hydrogens is 356 g/mol. The molecule has 0 atom stereocenters. The van der Waals surface area contributed by atoms with E-state index in [0.717, 1.165) is 36.1 Å². The molecule has 1 N–H and O–H groups in total. The molecule has 1 aromatic heterocycles. The molecule has 3 rings (SSSR count). The van der Waals surface area contributed by atoms with Crippen LogP contribution in [0.2, 0.25) is 0 Å². The molecule has 1 aliphatic heterocycles. The molecule has 2 amide bonds. The van der Waals surface area contributed by atoms with Crippen molar-refractivity contribution < 1.29 is 23.9 Å². The minimum Gasteiger partial charge on any atom is -0.465 e.